The Balaban J connectivity index is 2.82. The maximum Gasteiger partial charge on any atom is 0.146 e. The Bertz CT molecular complexity index is 289. The van der Waals surface area contributed by atoms with E-state index in [4.69, 9.17) is 12.6 Å². The van der Waals surface area contributed by atoms with E-state index in [0.29, 0.717) is 6.61 Å². The summed E-state index contributed by atoms with van der Waals surface area (Å²) in [7, 11) is 5.48. The molecule has 1 aromatic rings. The second kappa shape index (κ2) is 5.07. The van der Waals surface area contributed by atoms with Crippen molar-refractivity contribution in [2.45, 2.75) is 13.0 Å². The Morgan fingerprint density at radius 1 is 1.64 bits per heavy atom. The molecule has 0 amide bonds. The zero-order valence-corrected chi connectivity index (χ0v) is 7.90. The molecule has 5 heteroatoms. The maximum atomic E-state index is 13.2. The molecule has 1 atom stereocenters. The molecule has 1 aromatic heterocycles. The van der Waals surface area contributed by atoms with E-state index in [1.54, 1.807) is 6.92 Å². The minimum absolute atomic E-state index is 0.0294. The highest BCUT2D eigenvalue weighted by molar-refractivity contribution is 6.33. The van der Waals surface area contributed by atoms with Crippen LogP contribution < -0.4 is 5.46 Å². The second-order valence-corrected chi connectivity index (χ2v) is 2.80. The number of nitrogens with zero attached hydrogens (tertiary/aromatic N) is 1. The van der Waals surface area contributed by atoms with Crippen LogP contribution in [-0.4, -0.2) is 31.2 Å². The Labute approximate surface area is 83.3 Å². The highest BCUT2D eigenvalue weighted by Crippen LogP contribution is 2.13. The van der Waals surface area contributed by atoms with Gasteiger partial charge in [0.2, 0.25) is 0 Å². The molecule has 1 unspecified atom stereocenters. The minimum Gasteiger partial charge on any atom is -0.386 e. The first-order valence-electron chi connectivity index (χ1n) is 4.31. The average Bonchev–Trinajstić information content (AvgIpc) is 2.14. The van der Waals surface area contributed by atoms with E-state index in [0.717, 1.165) is 6.20 Å². The maximum absolute atomic E-state index is 13.2. The van der Waals surface area contributed by atoms with Gasteiger partial charge in [0.1, 0.15) is 19.8 Å². The molecule has 2 radical (unpaired) electrons. The molecular formula is C9H11BFNO2. The van der Waals surface area contributed by atoms with Gasteiger partial charge in [-0.25, -0.2) is 4.39 Å². The highest BCUT2D eigenvalue weighted by Gasteiger charge is 2.15. The number of rotatable bonds is 4. The number of aliphatic hydroxyl groups excluding tert-OH is 1. The third-order valence-electron chi connectivity index (χ3n) is 1.78. The number of halogens is 1. The molecule has 0 aliphatic carbocycles. The van der Waals surface area contributed by atoms with E-state index in [9.17, 15) is 9.50 Å². The molecule has 1 N–H and O–H groups in total. The molecule has 0 aromatic carbocycles. The van der Waals surface area contributed by atoms with Crippen LogP contribution in [0.3, 0.4) is 0 Å². The van der Waals surface area contributed by atoms with Crippen molar-refractivity contribution < 1.29 is 14.2 Å². The number of aliphatic hydroxyl groups is 1. The van der Waals surface area contributed by atoms with Gasteiger partial charge in [-0.2, -0.15) is 0 Å². The lowest BCUT2D eigenvalue weighted by Gasteiger charge is -2.13. The summed E-state index contributed by atoms with van der Waals surface area (Å²) in [6, 6.07) is 0. The third kappa shape index (κ3) is 2.53. The fourth-order valence-corrected chi connectivity index (χ4v) is 1.12. The number of ether oxygens (including phenoxy) is 1. The van der Waals surface area contributed by atoms with Crippen LogP contribution in [0.25, 0.3) is 0 Å². The van der Waals surface area contributed by atoms with Gasteiger partial charge >= 0.3 is 0 Å². The van der Waals surface area contributed by atoms with Crippen molar-refractivity contribution in [2.24, 2.45) is 0 Å². The third-order valence-corrected chi connectivity index (χ3v) is 1.78. The second-order valence-electron chi connectivity index (χ2n) is 2.80. The predicted molar refractivity (Wildman–Crippen MR) is 51.0 cm³/mol. The van der Waals surface area contributed by atoms with Crippen molar-refractivity contribution in [3.8, 4) is 0 Å². The van der Waals surface area contributed by atoms with Crippen molar-refractivity contribution >= 4 is 13.3 Å². The van der Waals surface area contributed by atoms with Gasteiger partial charge in [-0.05, 0) is 6.92 Å². The molecule has 14 heavy (non-hydrogen) atoms. The predicted octanol–water partition coefficient (Wildman–Crippen LogP) is 0.0844. The van der Waals surface area contributed by atoms with E-state index in [-0.39, 0.29) is 17.6 Å². The van der Waals surface area contributed by atoms with Crippen LogP contribution in [0.15, 0.2) is 12.4 Å². The molecule has 0 fully saturated rings. The van der Waals surface area contributed by atoms with Crippen molar-refractivity contribution in [2.75, 3.05) is 13.2 Å². The van der Waals surface area contributed by atoms with Gasteiger partial charge in [-0.3, -0.25) is 4.98 Å². The molecule has 3 nitrogen and oxygen atoms in total. The lowest BCUT2D eigenvalue weighted by Crippen LogP contribution is -2.20. The van der Waals surface area contributed by atoms with Crippen molar-refractivity contribution in [3.05, 3.63) is 23.8 Å². The van der Waals surface area contributed by atoms with Gasteiger partial charge in [0.15, 0.2) is 0 Å². The summed E-state index contributed by atoms with van der Waals surface area (Å²) < 4.78 is 18.1. The van der Waals surface area contributed by atoms with Crippen LogP contribution in [0.4, 0.5) is 4.39 Å². The smallest absolute Gasteiger partial charge is 0.146 e. The first kappa shape index (κ1) is 11.1. The van der Waals surface area contributed by atoms with Crippen LogP contribution in [0.2, 0.25) is 0 Å². The highest BCUT2D eigenvalue weighted by atomic mass is 19.1. The fraction of sp³-hybridized carbons (Fsp3) is 0.444. The summed E-state index contributed by atoms with van der Waals surface area (Å²) in [4.78, 5) is 3.56. The SMILES string of the molecule is [B]c1cncc(F)c1C(O)COCC. The number of hydrogen-bond donors (Lipinski definition) is 1. The Morgan fingerprint density at radius 2 is 2.36 bits per heavy atom. The largest absolute Gasteiger partial charge is 0.386 e. The molecule has 74 valence electrons. The van der Waals surface area contributed by atoms with Gasteiger partial charge in [-0.15, -0.1) is 0 Å². The topological polar surface area (TPSA) is 42.4 Å². The average molecular weight is 195 g/mol. The van der Waals surface area contributed by atoms with Crippen LogP contribution in [0.5, 0.6) is 0 Å². The molecule has 0 saturated heterocycles. The van der Waals surface area contributed by atoms with Crippen LogP contribution in [0.1, 0.15) is 18.6 Å². The molecule has 1 rings (SSSR count). The first-order chi connectivity index (χ1) is 6.66. The normalized spacial score (nSPS) is 12.8. The summed E-state index contributed by atoms with van der Waals surface area (Å²) in [5, 5.41) is 9.54. The molecule has 0 aliphatic rings. The molecule has 0 aliphatic heterocycles. The quantitative estimate of drug-likeness (QED) is 0.692. The first-order valence-corrected chi connectivity index (χ1v) is 4.31. The van der Waals surface area contributed by atoms with Gasteiger partial charge < -0.3 is 9.84 Å². The molecule has 1 heterocycles. The Hall–Kier alpha value is -0.935. The fourth-order valence-electron chi connectivity index (χ4n) is 1.12. The summed E-state index contributed by atoms with van der Waals surface area (Å²) in [5.41, 5.74) is 0.186. The summed E-state index contributed by atoms with van der Waals surface area (Å²) in [6.45, 7) is 2.28. The Morgan fingerprint density at radius 3 is 2.93 bits per heavy atom. The van der Waals surface area contributed by atoms with E-state index in [1.807, 2.05) is 0 Å². The monoisotopic (exact) mass is 195 g/mol. The van der Waals surface area contributed by atoms with E-state index >= 15 is 0 Å². The van der Waals surface area contributed by atoms with Crippen LogP contribution in [0, 0.1) is 5.82 Å². The molecule has 0 saturated carbocycles. The summed E-state index contributed by atoms with van der Waals surface area (Å²) >= 11 is 0. The Kier molecular flexibility index (Phi) is 4.04. The van der Waals surface area contributed by atoms with Gasteiger partial charge in [0.25, 0.3) is 0 Å². The van der Waals surface area contributed by atoms with Crippen molar-refractivity contribution in [3.63, 3.8) is 0 Å². The summed E-state index contributed by atoms with van der Waals surface area (Å²) in [5.74, 6) is -0.614. The standard InChI is InChI=1S/C9H11BFNO2/c1-2-14-5-8(13)9-6(10)3-12-4-7(9)11/h3-4,8,13H,2,5H2,1H3. The summed E-state index contributed by atoms with van der Waals surface area (Å²) in [6.07, 6.45) is 1.27. The van der Waals surface area contributed by atoms with Gasteiger partial charge in [0.05, 0.1) is 12.8 Å². The van der Waals surface area contributed by atoms with Gasteiger partial charge in [0, 0.05) is 18.4 Å². The van der Waals surface area contributed by atoms with E-state index < -0.39 is 11.9 Å². The zero-order valence-electron chi connectivity index (χ0n) is 7.90. The van der Waals surface area contributed by atoms with Crippen molar-refractivity contribution in [1.29, 1.82) is 0 Å². The molecule has 0 spiro atoms. The molecular weight excluding hydrogens is 184 g/mol. The van der Waals surface area contributed by atoms with Crippen LogP contribution in [-0.2, 0) is 4.74 Å². The van der Waals surface area contributed by atoms with Crippen molar-refractivity contribution in [1.82, 2.24) is 4.98 Å². The number of hydrogen-bond acceptors (Lipinski definition) is 3. The molecule has 0 bridgehead atoms. The van der Waals surface area contributed by atoms with Crippen LogP contribution >= 0.6 is 0 Å². The van der Waals surface area contributed by atoms with E-state index in [2.05, 4.69) is 4.98 Å². The number of pyridine rings is 1. The minimum atomic E-state index is -1.04. The lowest BCUT2D eigenvalue weighted by atomic mass is 9.90. The lowest BCUT2D eigenvalue weighted by molar-refractivity contribution is 0.0406. The van der Waals surface area contributed by atoms with E-state index in [1.165, 1.54) is 6.20 Å². The number of aromatic nitrogens is 1. The van der Waals surface area contributed by atoms with Gasteiger partial charge in [-0.1, -0.05) is 5.46 Å². The zero-order chi connectivity index (χ0) is 10.6.